The first kappa shape index (κ1) is 16.5. The topological polar surface area (TPSA) is 23.6 Å². The highest BCUT2D eigenvalue weighted by atomic mass is 16.2. The Hall–Kier alpha value is -2.65. The molecule has 0 unspecified atom stereocenters. The molecule has 2 heterocycles. The van der Waals surface area contributed by atoms with E-state index >= 15 is 0 Å². The van der Waals surface area contributed by atoms with Gasteiger partial charge in [0, 0.05) is 29.8 Å². The summed E-state index contributed by atoms with van der Waals surface area (Å²) in [6.45, 7) is 4.19. The van der Waals surface area contributed by atoms with Crippen molar-refractivity contribution in [3.05, 3.63) is 77.4 Å². The van der Waals surface area contributed by atoms with Gasteiger partial charge in [-0.05, 0) is 61.5 Å². The van der Waals surface area contributed by atoms with Gasteiger partial charge in [0.1, 0.15) is 0 Å². The number of anilines is 1. The molecule has 0 bridgehead atoms. The van der Waals surface area contributed by atoms with Gasteiger partial charge in [-0.3, -0.25) is 4.79 Å². The van der Waals surface area contributed by atoms with Crippen LogP contribution in [-0.2, 0) is 0 Å². The molecule has 1 fully saturated rings. The number of hydrogen-bond acceptors (Lipinski definition) is 2. The smallest absolute Gasteiger partial charge is 0.258 e. The van der Waals surface area contributed by atoms with Crippen LogP contribution in [-0.4, -0.2) is 37.0 Å². The van der Waals surface area contributed by atoms with E-state index in [0.29, 0.717) is 5.92 Å². The zero-order valence-corrected chi connectivity index (χ0v) is 15.9. The molecule has 0 N–H and O–H groups in total. The van der Waals surface area contributed by atoms with E-state index in [2.05, 4.69) is 60.2 Å². The van der Waals surface area contributed by atoms with Gasteiger partial charge in [0.25, 0.3) is 5.91 Å². The average Bonchev–Trinajstić information content (AvgIpc) is 3.00. The average molecular weight is 356 g/mol. The normalized spacial score (nSPS) is 21.9. The number of carbonyl (C=O) groups excluding carboxylic acids is 1. The molecule has 3 heteroatoms. The van der Waals surface area contributed by atoms with Crippen LogP contribution >= 0.6 is 0 Å². The summed E-state index contributed by atoms with van der Waals surface area (Å²) < 4.78 is 0. The number of piperidine rings is 1. The fourth-order valence-corrected chi connectivity index (χ4v) is 4.81. The summed E-state index contributed by atoms with van der Waals surface area (Å²) in [5.74, 6) is 0.533. The standard InChI is InChI=1S/C24H24N2O/c1-16-7-10-22-20(13-16)21-15-25(2)12-11-23(21)26(22)24(27)19-9-8-17-5-3-4-6-18(17)14-19/h3-10,13-14,21,23H,11-12,15H2,1-2H3/t21-,23-/m1/s1. The molecule has 1 saturated heterocycles. The first-order valence-corrected chi connectivity index (χ1v) is 9.73. The van der Waals surface area contributed by atoms with E-state index in [0.717, 1.165) is 36.1 Å². The van der Waals surface area contributed by atoms with E-state index in [1.165, 1.54) is 16.5 Å². The molecule has 0 spiro atoms. The fraction of sp³-hybridized carbons (Fsp3) is 0.292. The first-order chi connectivity index (χ1) is 13.1. The SMILES string of the molecule is Cc1ccc2c(c1)[C@H]1CN(C)CC[C@H]1N2C(=O)c1ccc2ccccc2c1. The number of fused-ring (bicyclic) bond motifs is 4. The van der Waals surface area contributed by atoms with E-state index in [9.17, 15) is 4.79 Å². The minimum absolute atomic E-state index is 0.128. The molecular formula is C24H24N2O. The van der Waals surface area contributed by atoms with Gasteiger partial charge >= 0.3 is 0 Å². The maximum atomic E-state index is 13.6. The summed E-state index contributed by atoms with van der Waals surface area (Å²) in [5.41, 5.74) is 4.48. The summed E-state index contributed by atoms with van der Waals surface area (Å²) in [7, 11) is 2.18. The number of amides is 1. The van der Waals surface area contributed by atoms with E-state index < -0.39 is 0 Å². The van der Waals surface area contributed by atoms with E-state index in [-0.39, 0.29) is 11.9 Å². The second kappa shape index (κ2) is 6.21. The van der Waals surface area contributed by atoms with Crippen LogP contribution in [0.15, 0.2) is 60.7 Å². The van der Waals surface area contributed by atoms with Crippen molar-refractivity contribution in [2.24, 2.45) is 0 Å². The van der Waals surface area contributed by atoms with Gasteiger partial charge in [0.15, 0.2) is 0 Å². The molecule has 2 aliphatic rings. The lowest BCUT2D eigenvalue weighted by Crippen LogP contribution is -2.47. The Morgan fingerprint density at radius 3 is 2.67 bits per heavy atom. The summed E-state index contributed by atoms with van der Waals surface area (Å²) in [6, 6.07) is 21.1. The summed E-state index contributed by atoms with van der Waals surface area (Å²) >= 11 is 0. The van der Waals surface area contributed by atoms with Crippen molar-refractivity contribution in [3.8, 4) is 0 Å². The van der Waals surface area contributed by atoms with Crippen LogP contribution in [0.25, 0.3) is 10.8 Å². The molecule has 0 aromatic heterocycles. The molecule has 136 valence electrons. The third-order valence-electron chi connectivity index (χ3n) is 6.17. The Bertz CT molecular complexity index is 1040. The lowest BCUT2D eigenvalue weighted by atomic mass is 9.88. The van der Waals surface area contributed by atoms with Crippen molar-refractivity contribution < 1.29 is 4.79 Å². The Labute approximate surface area is 160 Å². The Morgan fingerprint density at radius 2 is 1.81 bits per heavy atom. The van der Waals surface area contributed by atoms with Crippen LogP contribution in [0.2, 0.25) is 0 Å². The zero-order chi connectivity index (χ0) is 18.5. The third kappa shape index (κ3) is 2.65. The number of likely N-dealkylation sites (N-methyl/N-ethyl adjacent to an activating group) is 1. The molecule has 2 aliphatic heterocycles. The fourth-order valence-electron chi connectivity index (χ4n) is 4.81. The molecular weight excluding hydrogens is 332 g/mol. The number of hydrogen-bond donors (Lipinski definition) is 0. The number of aryl methyl sites for hydroxylation is 1. The summed E-state index contributed by atoms with van der Waals surface area (Å²) in [5, 5.41) is 2.29. The summed E-state index contributed by atoms with van der Waals surface area (Å²) in [4.78, 5) is 18.1. The van der Waals surface area contributed by atoms with E-state index in [1.54, 1.807) is 0 Å². The van der Waals surface area contributed by atoms with Crippen LogP contribution in [0.3, 0.4) is 0 Å². The molecule has 5 rings (SSSR count). The van der Waals surface area contributed by atoms with Crippen LogP contribution in [0, 0.1) is 6.92 Å². The lowest BCUT2D eigenvalue weighted by molar-refractivity contribution is 0.0965. The molecule has 2 atom stereocenters. The highest BCUT2D eigenvalue weighted by Gasteiger charge is 2.44. The zero-order valence-electron chi connectivity index (χ0n) is 15.9. The second-order valence-electron chi connectivity index (χ2n) is 8.02. The number of benzene rings is 3. The number of likely N-dealkylation sites (tertiary alicyclic amines) is 1. The minimum atomic E-state index is 0.128. The van der Waals surface area contributed by atoms with E-state index in [4.69, 9.17) is 0 Å². The molecule has 3 nitrogen and oxygen atoms in total. The lowest BCUT2D eigenvalue weighted by Gasteiger charge is -2.36. The molecule has 27 heavy (non-hydrogen) atoms. The molecule has 3 aromatic rings. The largest absolute Gasteiger partial charge is 0.306 e. The first-order valence-electron chi connectivity index (χ1n) is 9.73. The third-order valence-corrected chi connectivity index (χ3v) is 6.17. The monoisotopic (exact) mass is 356 g/mol. The van der Waals surface area contributed by atoms with Crippen LogP contribution in [0.1, 0.15) is 33.8 Å². The van der Waals surface area contributed by atoms with Crippen molar-refractivity contribution in [2.75, 3.05) is 25.0 Å². The van der Waals surface area contributed by atoms with Gasteiger partial charge in [0.2, 0.25) is 0 Å². The highest BCUT2D eigenvalue weighted by molar-refractivity contribution is 6.09. The van der Waals surface area contributed by atoms with Crippen LogP contribution in [0.5, 0.6) is 0 Å². The summed E-state index contributed by atoms with van der Waals surface area (Å²) in [6.07, 6.45) is 1.02. The number of nitrogens with zero attached hydrogens (tertiary/aromatic N) is 2. The van der Waals surface area contributed by atoms with E-state index in [1.807, 2.05) is 24.3 Å². The maximum Gasteiger partial charge on any atom is 0.258 e. The van der Waals surface area contributed by atoms with Gasteiger partial charge in [-0.1, -0.05) is 48.0 Å². The Kier molecular flexibility index (Phi) is 3.80. The molecule has 0 saturated carbocycles. The number of rotatable bonds is 1. The second-order valence-corrected chi connectivity index (χ2v) is 8.02. The van der Waals surface area contributed by atoms with Gasteiger partial charge in [0.05, 0.1) is 0 Å². The number of carbonyl (C=O) groups is 1. The molecule has 3 aromatic carbocycles. The van der Waals surface area contributed by atoms with Crippen molar-refractivity contribution in [1.82, 2.24) is 4.90 Å². The Balaban J connectivity index is 1.59. The quantitative estimate of drug-likeness (QED) is 0.636. The van der Waals surface area contributed by atoms with Crippen LogP contribution in [0.4, 0.5) is 5.69 Å². The highest BCUT2D eigenvalue weighted by Crippen LogP contribution is 2.45. The predicted octanol–water partition coefficient (Wildman–Crippen LogP) is 4.60. The van der Waals surface area contributed by atoms with Crippen molar-refractivity contribution in [1.29, 1.82) is 0 Å². The molecule has 0 radical (unpaired) electrons. The Morgan fingerprint density at radius 1 is 1.00 bits per heavy atom. The molecule has 1 amide bonds. The van der Waals surface area contributed by atoms with Crippen molar-refractivity contribution >= 4 is 22.4 Å². The predicted molar refractivity (Wildman–Crippen MR) is 111 cm³/mol. The minimum Gasteiger partial charge on any atom is -0.306 e. The van der Waals surface area contributed by atoms with Gasteiger partial charge < -0.3 is 9.80 Å². The van der Waals surface area contributed by atoms with Crippen molar-refractivity contribution in [2.45, 2.75) is 25.3 Å². The van der Waals surface area contributed by atoms with Crippen molar-refractivity contribution in [3.63, 3.8) is 0 Å². The maximum absolute atomic E-state index is 13.6. The van der Waals surface area contributed by atoms with Gasteiger partial charge in [-0.15, -0.1) is 0 Å². The van der Waals surface area contributed by atoms with Crippen LogP contribution < -0.4 is 4.90 Å². The van der Waals surface area contributed by atoms with Gasteiger partial charge in [-0.25, -0.2) is 0 Å². The van der Waals surface area contributed by atoms with Gasteiger partial charge in [-0.2, -0.15) is 0 Å². The molecule has 0 aliphatic carbocycles.